The topological polar surface area (TPSA) is 64.7 Å². The van der Waals surface area contributed by atoms with Crippen molar-refractivity contribution < 1.29 is 4.79 Å². The van der Waals surface area contributed by atoms with Crippen molar-refractivity contribution in [2.24, 2.45) is 7.05 Å². The van der Waals surface area contributed by atoms with Crippen LogP contribution in [0.1, 0.15) is 23.4 Å². The minimum Gasteiger partial charge on any atom is -0.326 e. The molecule has 1 N–H and O–H groups in total. The highest BCUT2D eigenvalue weighted by Gasteiger charge is 2.11. The second-order valence-corrected chi connectivity index (χ2v) is 5.84. The Morgan fingerprint density at radius 1 is 1.21 bits per heavy atom. The van der Waals surface area contributed by atoms with E-state index in [-0.39, 0.29) is 5.91 Å². The maximum absolute atomic E-state index is 12.2. The highest BCUT2D eigenvalue weighted by atomic mass is 16.1. The van der Waals surface area contributed by atoms with Gasteiger partial charge in [-0.3, -0.25) is 9.48 Å². The molecule has 0 fully saturated rings. The van der Waals surface area contributed by atoms with Crippen LogP contribution in [0.4, 0.5) is 5.69 Å². The van der Waals surface area contributed by atoms with Crippen LogP contribution < -0.4 is 5.32 Å². The van der Waals surface area contributed by atoms with E-state index >= 15 is 0 Å². The number of carbonyl (C=O) groups is 1. The third-order valence-electron chi connectivity index (χ3n) is 4.21. The van der Waals surface area contributed by atoms with Crippen LogP contribution in [-0.2, 0) is 18.3 Å². The number of carbonyl (C=O) groups excluding carboxylic acids is 1. The Labute approximate surface area is 141 Å². The molecule has 0 unspecified atom stereocenters. The van der Waals surface area contributed by atoms with Gasteiger partial charge in [0.05, 0.1) is 12.0 Å². The molecule has 1 amide bonds. The molecule has 1 aromatic carbocycles. The van der Waals surface area contributed by atoms with E-state index in [4.69, 9.17) is 0 Å². The average molecular weight is 323 g/mol. The number of rotatable bonds is 5. The highest BCUT2D eigenvalue weighted by Crippen LogP contribution is 2.16. The van der Waals surface area contributed by atoms with E-state index in [1.165, 1.54) is 0 Å². The maximum atomic E-state index is 12.2. The summed E-state index contributed by atoms with van der Waals surface area (Å²) in [6, 6.07) is 7.70. The molecule has 0 spiro atoms. The van der Waals surface area contributed by atoms with Crippen LogP contribution in [0.15, 0.2) is 43.0 Å². The number of anilines is 1. The molecule has 3 rings (SSSR count). The molecule has 24 heavy (non-hydrogen) atoms. The first kappa shape index (κ1) is 16.0. The van der Waals surface area contributed by atoms with Gasteiger partial charge in [0.2, 0.25) is 5.91 Å². The van der Waals surface area contributed by atoms with Gasteiger partial charge in [0.25, 0.3) is 0 Å². The first-order chi connectivity index (χ1) is 11.5. The Balaban J connectivity index is 1.59. The van der Waals surface area contributed by atoms with Gasteiger partial charge in [0.1, 0.15) is 0 Å². The minimum atomic E-state index is 0.00744. The van der Waals surface area contributed by atoms with Gasteiger partial charge in [-0.25, -0.2) is 4.98 Å². The molecule has 0 saturated carbocycles. The van der Waals surface area contributed by atoms with Crippen LogP contribution >= 0.6 is 0 Å². The van der Waals surface area contributed by atoms with E-state index in [1.54, 1.807) is 12.5 Å². The van der Waals surface area contributed by atoms with Crippen molar-refractivity contribution in [2.75, 3.05) is 5.32 Å². The molecule has 6 nitrogen and oxygen atoms in total. The summed E-state index contributed by atoms with van der Waals surface area (Å²) in [6.07, 6.45) is 6.50. The smallest absolute Gasteiger partial charge is 0.224 e. The van der Waals surface area contributed by atoms with Crippen molar-refractivity contribution in [1.29, 1.82) is 0 Å². The van der Waals surface area contributed by atoms with E-state index in [9.17, 15) is 4.79 Å². The zero-order valence-electron chi connectivity index (χ0n) is 14.2. The summed E-state index contributed by atoms with van der Waals surface area (Å²) < 4.78 is 3.77. The lowest BCUT2D eigenvalue weighted by atomic mass is 10.1. The van der Waals surface area contributed by atoms with Gasteiger partial charge >= 0.3 is 0 Å². The lowest BCUT2D eigenvalue weighted by Gasteiger charge is -2.07. The van der Waals surface area contributed by atoms with Crippen molar-refractivity contribution in [3.63, 3.8) is 0 Å². The molecule has 2 heterocycles. The van der Waals surface area contributed by atoms with Crippen LogP contribution in [0.2, 0.25) is 0 Å². The monoisotopic (exact) mass is 323 g/mol. The van der Waals surface area contributed by atoms with Gasteiger partial charge in [0, 0.05) is 42.9 Å². The largest absolute Gasteiger partial charge is 0.326 e. The van der Waals surface area contributed by atoms with Gasteiger partial charge < -0.3 is 9.88 Å². The van der Waals surface area contributed by atoms with Crippen LogP contribution in [0, 0.1) is 13.8 Å². The minimum absolute atomic E-state index is 0.00744. The number of aryl methyl sites for hydroxylation is 2. The van der Waals surface area contributed by atoms with Crippen molar-refractivity contribution in [3.8, 4) is 5.69 Å². The number of nitrogens with one attached hydrogen (secondary N) is 1. The molecule has 0 atom stereocenters. The predicted octanol–water partition coefficient (Wildman–Crippen LogP) is 2.79. The lowest BCUT2D eigenvalue weighted by molar-refractivity contribution is -0.116. The van der Waals surface area contributed by atoms with E-state index in [2.05, 4.69) is 15.4 Å². The molecule has 3 aromatic rings. The van der Waals surface area contributed by atoms with E-state index in [0.29, 0.717) is 12.8 Å². The van der Waals surface area contributed by atoms with Crippen molar-refractivity contribution in [3.05, 3.63) is 59.9 Å². The SMILES string of the molecule is Cc1nn(C)c(C)c1CCC(=O)Nc1ccc(-n2ccnc2)cc1. The van der Waals surface area contributed by atoms with E-state index in [1.807, 2.05) is 60.6 Å². The summed E-state index contributed by atoms with van der Waals surface area (Å²) in [5.41, 5.74) is 5.07. The third-order valence-corrected chi connectivity index (χ3v) is 4.21. The Morgan fingerprint density at radius 3 is 2.54 bits per heavy atom. The second-order valence-electron chi connectivity index (χ2n) is 5.84. The summed E-state index contributed by atoms with van der Waals surface area (Å²) in [5.74, 6) is 0.00744. The summed E-state index contributed by atoms with van der Waals surface area (Å²) in [5, 5.41) is 7.32. The molecule has 0 aliphatic carbocycles. The van der Waals surface area contributed by atoms with Gasteiger partial charge in [-0.05, 0) is 50.1 Å². The maximum Gasteiger partial charge on any atom is 0.224 e. The zero-order chi connectivity index (χ0) is 17.1. The first-order valence-electron chi connectivity index (χ1n) is 7.92. The van der Waals surface area contributed by atoms with E-state index in [0.717, 1.165) is 28.3 Å². The molecule has 2 aromatic heterocycles. The number of amides is 1. The Kier molecular flexibility index (Phi) is 4.46. The fourth-order valence-corrected chi connectivity index (χ4v) is 2.77. The van der Waals surface area contributed by atoms with Crippen LogP contribution in [0.5, 0.6) is 0 Å². The Bertz CT molecular complexity index is 831. The number of hydrogen-bond acceptors (Lipinski definition) is 3. The lowest BCUT2D eigenvalue weighted by Crippen LogP contribution is -2.12. The average Bonchev–Trinajstić information content (AvgIpc) is 3.17. The number of benzene rings is 1. The van der Waals surface area contributed by atoms with Gasteiger partial charge in [-0.1, -0.05) is 0 Å². The Hall–Kier alpha value is -2.89. The van der Waals surface area contributed by atoms with Crippen molar-refractivity contribution in [2.45, 2.75) is 26.7 Å². The zero-order valence-corrected chi connectivity index (χ0v) is 14.2. The summed E-state index contributed by atoms with van der Waals surface area (Å²) in [6.45, 7) is 4.01. The number of aromatic nitrogens is 4. The molecule has 0 bridgehead atoms. The normalized spacial score (nSPS) is 10.8. The molecule has 6 heteroatoms. The molecule has 0 radical (unpaired) electrons. The standard InChI is InChI=1S/C18H21N5O/c1-13-17(14(2)22(3)21-13)8-9-18(24)20-15-4-6-16(7-5-15)23-11-10-19-12-23/h4-7,10-12H,8-9H2,1-3H3,(H,20,24). The summed E-state index contributed by atoms with van der Waals surface area (Å²) >= 11 is 0. The number of nitrogens with zero attached hydrogens (tertiary/aromatic N) is 4. The third kappa shape index (κ3) is 3.37. The first-order valence-corrected chi connectivity index (χ1v) is 7.92. The van der Waals surface area contributed by atoms with Crippen molar-refractivity contribution >= 4 is 11.6 Å². The number of hydrogen-bond donors (Lipinski definition) is 1. The van der Waals surface area contributed by atoms with Gasteiger partial charge in [-0.2, -0.15) is 5.10 Å². The van der Waals surface area contributed by atoms with E-state index < -0.39 is 0 Å². The quantitative estimate of drug-likeness (QED) is 0.785. The highest BCUT2D eigenvalue weighted by molar-refractivity contribution is 5.90. The molecule has 0 aliphatic heterocycles. The fourth-order valence-electron chi connectivity index (χ4n) is 2.77. The number of imidazole rings is 1. The van der Waals surface area contributed by atoms with Crippen LogP contribution in [0.3, 0.4) is 0 Å². The molecular weight excluding hydrogens is 302 g/mol. The fraction of sp³-hybridized carbons (Fsp3) is 0.278. The van der Waals surface area contributed by atoms with Crippen LogP contribution in [-0.4, -0.2) is 25.2 Å². The molecule has 124 valence electrons. The molecule has 0 aliphatic rings. The second kappa shape index (κ2) is 6.70. The van der Waals surface area contributed by atoms with Gasteiger partial charge in [0.15, 0.2) is 0 Å². The predicted molar refractivity (Wildman–Crippen MR) is 93.2 cm³/mol. The van der Waals surface area contributed by atoms with Gasteiger partial charge in [-0.15, -0.1) is 0 Å². The van der Waals surface area contributed by atoms with Crippen LogP contribution in [0.25, 0.3) is 5.69 Å². The summed E-state index contributed by atoms with van der Waals surface area (Å²) in [4.78, 5) is 16.2. The molecule has 0 saturated heterocycles. The molecular formula is C18H21N5O. The Morgan fingerprint density at radius 2 is 1.96 bits per heavy atom. The van der Waals surface area contributed by atoms with Crippen molar-refractivity contribution in [1.82, 2.24) is 19.3 Å². The summed E-state index contributed by atoms with van der Waals surface area (Å²) in [7, 11) is 1.92.